The highest BCUT2D eigenvalue weighted by atomic mass is 32.2. The van der Waals surface area contributed by atoms with E-state index in [-0.39, 0.29) is 12.2 Å². The summed E-state index contributed by atoms with van der Waals surface area (Å²) in [5.74, 6) is -0.462. The van der Waals surface area contributed by atoms with Gasteiger partial charge in [-0.15, -0.1) is 4.41 Å². The van der Waals surface area contributed by atoms with Crippen LogP contribution in [0, 0.1) is 5.82 Å². The van der Waals surface area contributed by atoms with Gasteiger partial charge < -0.3 is 5.43 Å². The summed E-state index contributed by atoms with van der Waals surface area (Å²) in [5, 5.41) is 0. The van der Waals surface area contributed by atoms with E-state index in [9.17, 15) is 8.60 Å². The molecule has 0 saturated carbocycles. The molecule has 6 heteroatoms. The third-order valence-corrected chi connectivity index (χ3v) is 2.32. The quantitative estimate of drug-likeness (QED) is 0.596. The van der Waals surface area contributed by atoms with Crippen LogP contribution in [0.25, 0.3) is 0 Å². The lowest BCUT2D eigenvalue weighted by molar-refractivity contribution is 0.455. The minimum Gasteiger partial charge on any atom is -0.303 e. The van der Waals surface area contributed by atoms with Gasteiger partial charge in [0.25, 0.3) is 11.3 Å². The highest BCUT2D eigenvalue weighted by Crippen LogP contribution is 2.13. The summed E-state index contributed by atoms with van der Waals surface area (Å²) in [6, 6.07) is 5.95. The van der Waals surface area contributed by atoms with Crippen molar-refractivity contribution >= 4 is 17.0 Å². The Kier molecular flexibility index (Phi) is 3.99. The van der Waals surface area contributed by atoms with Crippen LogP contribution in [0.2, 0.25) is 0 Å². The van der Waals surface area contributed by atoms with Crippen molar-refractivity contribution in [2.75, 3.05) is 12.0 Å². The molecule has 0 aliphatic heterocycles. The Morgan fingerprint density at radius 1 is 1.57 bits per heavy atom. The van der Waals surface area contributed by atoms with E-state index in [0.717, 1.165) is 4.41 Å². The molecule has 0 saturated heterocycles. The first-order chi connectivity index (χ1) is 6.65. The number of anilines is 1. The zero-order chi connectivity index (χ0) is 10.6. The van der Waals surface area contributed by atoms with Crippen molar-refractivity contribution in [2.45, 2.75) is 6.92 Å². The van der Waals surface area contributed by atoms with E-state index >= 15 is 0 Å². The molecule has 0 aromatic heterocycles. The molecule has 0 bridgehead atoms. The normalized spacial score (nSPS) is 12.9. The fraction of sp³-hybridized carbons (Fsp3) is 0.250. The summed E-state index contributed by atoms with van der Waals surface area (Å²) < 4.78 is 33.6. The second-order valence-corrected chi connectivity index (χ2v) is 3.42. The number of hydrazine groups is 1. The molecule has 0 radical (unpaired) electrons. The van der Waals surface area contributed by atoms with Crippen molar-refractivity contribution in [1.29, 1.82) is 0 Å². The molecule has 14 heavy (non-hydrogen) atoms. The first-order valence-corrected chi connectivity index (χ1v) is 5.11. The van der Waals surface area contributed by atoms with Crippen LogP contribution < -0.4 is 5.43 Å². The average molecular weight is 218 g/mol. The molecule has 0 aliphatic rings. The minimum atomic E-state index is -2.16. The van der Waals surface area contributed by atoms with Gasteiger partial charge in [-0.1, -0.05) is 12.1 Å². The number of nitrogens with zero attached hydrogens (tertiary/aromatic N) is 1. The van der Waals surface area contributed by atoms with Gasteiger partial charge in [-0.05, 0) is 19.1 Å². The van der Waals surface area contributed by atoms with Crippen LogP contribution in [-0.4, -0.2) is 19.7 Å². The molecule has 4 nitrogen and oxygen atoms in total. The van der Waals surface area contributed by atoms with E-state index < -0.39 is 17.1 Å². The zero-order valence-corrected chi connectivity index (χ0v) is 8.42. The number of nitrogens with one attached hydrogen (secondary N) is 1. The molecule has 2 N–H and O–H groups in total. The number of para-hydroxylation sites is 1. The Labute approximate surface area is 84.1 Å². The monoisotopic (exact) mass is 218 g/mol. The highest BCUT2D eigenvalue weighted by Gasteiger charge is 2.09. The fourth-order valence-electron chi connectivity index (χ4n) is 0.915. The Morgan fingerprint density at radius 2 is 2.21 bits per heavy atom. The maximum absolute atomic E-state index is 13.1. The Hall–Kier alpha value is -0.980. The molecule has 0 spiro atoms. The molecule has 0 amide bonds. The average Bonchev–Trinajstić information content (AvgIpc) is 2.16. The lowest BCUT2D eigenvalue weighted by Gasteiger charge is -2.17. The second-order valence-electron chi connectivity index (χ2n) is 2.52. The van der Waals surface area contributed by atoms with Crippen LogP contribution >= 0.6 is 0 Å². The van der Waals surface area contributed by atoms with Gasteiger partial charge in [0.1, 0.15) is 5.82 Å². The number of rotatable bonds is 4. The van der Waals surface area contributed by atoms with Crippen molar-refractivity contribution in [1.82, 2.24) is 4.41 Å². The van der Waals surface area contributed by atoms with Crippen LogP contribution in [-0.2, 0) is 11.3 Å². The van der Waals surface area contributed by atoms with E-state index in [2.05, 4.69) is 5.43 Å². The molecule has 0 aliphatic carbocycles. The molecule has 1 rings (SSSR count). The highest BCUT2D eigenvalue weighted by molar-refractivity contribution is 7.76. The van der Waals surface area contributed by atoms with Crippen molar-refractivity contribution in [3.8, 4) is 0 Å². The first-order valence-electron chi connectivity index (χ1n) is 4.05. The summed E-state index contributed by atoms with van der Waals surface area (Å²) in [6.45, 7) is 1.97. The van der Waals surface area contributed by atoms with Gasteiger partial charge in [-0.3, -0.25) is 4.55 Å². The molecule has 1 aromatic rings. The van der Waals surface area contributed by atoms with Gasteiger partial charge in [-0.25, -0.2) is 8.60 Å². The predicted molar refractivity (Wildman–Crippen MR) is 53.2 cm³/mol. The van der Waals surface area contributed by atoms with Crippen LogP contribution in [0.5, 0.6) is 0 Å². The lowest BCUT2D eigenvalue weighted by atomic mass is 10.3. The summed E-state index contributed by atoms with van der Waals surface area (Å²) in [7, 11) is 0. The maximum Gasteiger partial charge on any atom is 0.253 e. The van der Waals surface area contributed by atoms with E-state index in [1.165, 1.54) is 12.1 Å². The Bertz CT molecular complexity index is 335. The predicted octanol–water partition coefficient (Wildman–Crippen LogP) is 1.61. The van der Waals surface area contributed by atoms with E-state index in [0.29, 0.717) is 0 Å². The smallest absolute Gasteiger partial charge is 0.253 e. The maximum atomic E-state index is 13.1. The molecule has 1 unspecified atom stereocenters. The number of benzene rings is 1. The second kappa shape index (κ2) is 5.04. The van der Waals surface area contributed by atoms with Gasteiger partial charge in [-0.2, -0.15) is 0 Å². The standard InChI is InChI=1S/C8H11FN2O2S/c1-2-11(14(12)13)10-8-6-4-3-5-7(8)9/h3-6,10H,2H2,1H3,(H,12,13). The summed E-state index contributed by atoms with van der Waals surface area (Å²) in [4.78, 5) is 0. The summed E-state index contributed by atoms with van der Waals surface area (Å²) >= 11 is -2.16. The molecule has 0 heterocycles. The van der Waals surface area contributed by atoms with Crippen molar-refractivity contribution in [2.24, 2.45) is 0 Å². The molecule has 0 fully saturated rings. The Morgan fingerprint density at radius 3 is 2.71 bits per heavy atom. The minimum absolute atomic E-state index is 0.178. The van der Waals surface area contributed by atoms with Crippen LogP contribution in [0.15, 0.2) is 24.3 Å². The van der Waals surface area contributed by atoms with Crippen LogP contribution in [0.1, 0.15) is 6.92 Å². The van der Waals surface area contributed by atoms with Crippen molar-refractivity contribution in [3.63, 3.8) is 0 Å². The first kappa shape index (κ1) is 11.1. The number of hydrogen-bond donors (Lipinski definition) is 2. The molecule has 78 valence electrons. The summed E-state index contributed by atoms with van der Waals surface area (Å²) in [5.41, 5.74) is 2.68. The molecule has 1 aromatic carbocycles. The van der Waals surface area contributed by atoms with Crippen LogP contribution in [0.4, 0.5) is 10.1 Å². The van der Waals surface area contributed by atoms with E-state index in [4.69, 9.17) is 4.55 Å². The summed E-state index contributed by atoms with van der Waals surface area (Å²) in [6.07, 6.45) is 0. The topological polar surface area (TPSA) is 52.6 Å². The van der Waals surface area contributed by atoms with Crippen molar-refractivity contribution in [3.05, 3.63) is 30.1 Å². The van der Waals surface area contributed by atoms with Crippen LogP contribution in [0.3, 0.4) is 0 Å². The number of halogens is 1. The third kappa shape index (κ3) is 2.76. The van der Waals surface area contributed by atoms with Gasteiger partial charge in [0.15, 0.2) is 0 Å². The Balaban J connectivity index is 2.77. The van der Waals surface area contributed by atoms with E-state index in [1.54, 1.807) is 19.1 Å². The van der Waals surface area contributed by atoms with Crippen molar-refractivity contribution < 1.29 is 13.2 Å². The third-order valence-electron chi connectivity index (χ3n) is 1.59. The van der Waals surface area contributed by atoms with Gasteiger partial charge in [0.2, 0.25) is 0 Å². The van der Waals surface area contributed by atoms with E-state index in [1.807, 2.05) is 0 Å². The molecular weight excluding hydrogens is 207 g/mol. The van der Waals surface area contributed by atoms with Gasteiger partial charge in [0.05, 0.1) is 5.69 Å². The largest absolute Gasteiger partial charge is 0.303 e. The molecular formula is C8H11FN2O2S. The molecule has 1 atom stereocenters. The number of hydrogen-bond acceptors (Lipinski definition) is 2. The van der Waals surface area contributed by atoms with Gasteiger partial charge in [0, 0.05) is 6.54 Å². The SMILES string of the molecule is CCN(Nc1ccccc1F)S(=O)O. The van der Waals surface area contributed by atoms with Gasteiger partial charge >= 0.3 is 0 Å². The zero-order valence-electron chi connectivity index (χ0n) is 7.61. The fourth-order valence-corrected chi connectivity index (χ4v) is 1.31. The lowest BCUT2D eigenvalue weighted by Crippen LogP contribution is -2.31.